The lowest BCUT2D eigenvalue weighted by molar-refractivity contribution is -0.106. The number of aliphatic hydroxyl groups is 1. The lowest BCUT2D eigenvalue weighted by atomic mass is 9.95. The maximum atomic E-state index is 12.9. The van der Waals surface area contributed by atoms with E-state index in [4.69, 9.17) is 26.2 Å². The summed E-state index contributed by atoms with van der Waals surface area (Å²) in [6, 6.07) is 14.8. The van der Waals surface area contributed by atoms with Gasteiger partial charge in [0.05, 0.1) is 12.2 Å². The number of carbonyl (C=O) groups is 2. The number of aliphatic hydroxyl groups excluding tert-OH is 1. The van der Waals surface area contributed by atoms with Crippen molar-refractivity contribution in [2.75, 3.05) is 13.2 Å². The van der Waals surface area contributed by atoms with Crippen molar-refractivity contribution in [3.05, 3.63) is 87.8 Å². The number of carbonyl (C=O) groups excluding carboxylic acids is 2. The van der Waals surface area contributed by atoms with Crippen molar-refractivity contribution >= 4 is 34.7 Å². The van der Waals surface area contributed by atoms with E-state index in [0.717, 1.165) is 75.2 Å². The second kappa shape index (κ2) is 14.6. The number of fused-ring (bicyclic) bond motifs is 2. The summed E-state index contributed by atoms with van der Waals surface area (Å²) in [5.74, 6) is 0.810. The first kappa shape index (κ1) is 30.9. The Morgan fingerprint density at radius 2 is 1.93 bits per heavy atom. The van der Waals surface area contributed by atoms with Crippen LogP contribution in [0.4, 0.5) is 4.39 Å². The highest BCUT2D eigenvalue weighted by Gasteiger charge is 2.18. The number of primary amides is 1. The number of aryl methyl sites for hydroxylation is 2. The molecule has 40 heavy (non-hydrogen) atoms. The summed E-state index contributed by atoms with van der Waals surface area (Å²) in [4.78, 5) is 23.6. The average Bonchev–Trinajstić information content (AvgIpc) is 3.15. The van der Waals surface area contributed by atoms with Gasteiger partial charge in [-0.2, -0.15) is 0 Å². The molecule has 1 aliphatic heterocycles. The molecule has 0 bridgehead atoms. The quantitative estimate of drug-likeness (QED) is 0.182. The molecule has 212 valence electrons. The molecule has 0 fully saturated rings. The summed E-state index contributed by atoms with van der Waals surface area (Å²) < 4.78 is 18.7. The SMILES string of the molecule is CC(=O)c1cc(-c2ccc(C)c(Cl)c2)cc2c1OCCCC2.CC(CO)Cc1c[nH]c2cc(F)ccc12.NC=O. The van der Waals surface area contributed by atoms with Gasteiger partial charge < -0.3 is 20.6 Å². The second-order valence-electron chi connectivity index (χ2n) is 9.97. The van der Waals surface area contributed by atoms with E-state index < -0.39 is 0 Å². The van der Waals surface area contributed by atoms with Crippen molar-refractivity contribution in [2.24, 2.45) is 11.7 Å². The number of nitrogens with one attached hydrogen (secondary N) is 1. The first-order valence-corrected chi connectivity index (χ1v) is 13.6. The molecule has 8 heteroatoms. The highest BCUT2D eigenvalue weighted by molar-refractivity contribution is 6.31. The highest BCUT2D eigenvalue weighted by Crippen LogP contribution is 2.35. The lowest BCUT2D eigenvalue weighted by Gasteiger charge is -2.14. The van der Waals surface area contributed by atoms with Gasteiger partial charge in [-0.05, 0) is 110 Å². The Labute approximate surface area is 239 Å². The Kier molecular flexibility index (Phi) is 11.3. The average molecular weight is 567 g/mol. The minimum atomic E-state index is -0.230. The zero-order valence-corrected chi connectivity index (χ0v) is 23.9. The molecule has 1 aromatic heterocycles. The molecule has 6 nitrogen and oxygen atoms in total. The van der Waals surface area contributed by atoms with Crippen LogP contribution in [0.2, 0.25) is 5.02 Å². The summed E-state index contributed by atoms with van der Waals surface area (Å²) in [6.45, 7) is 6.42. The molecular formula is C32H36ClFN2O4. The molecule has 4 aromatic rings. The van der Waals surface area contributed by atoms with Gasteiger partial charge in [-0.15, -0.1) is 0 Å². The van der Waals surface area contributed by atoms with Gasteiger partial charge in [0.15, 0.2) is 5.78 Å². The number of Topliss-reactive ketones (excluding diaryl/α,β-unsaturated/α-hetero) is 1. The zero-order chi connectivity index (χ0) is 29.2. The van der Waals surface area contributed by atoms with E-state index in [1.807, 2.05) is 44.3 Å². The van der Waals surface area contributed by atoms with Crippen molar-refractivity contribution in [2.45, 2.75) is 46.5 Å². The zero-order valence-electron chi connectivity index (χ0n) is 23.1. The predicted octanol–water partition coefficient (Wildman–Crippen LogP) is 6.81. The van der Waals surface area contributed by atoms with Gasteiger partial charge in [-0.25, -0.2) is 4.39 Å². The van der Waals surface area contributed by atoms with Gasteiger partial charge >= 0.3 is 0 Å². The summed E-state index contributed by atoms with van der Waals surface area (Å²) in [6.07, 6.45) is 6.00. The third-order valence-electron chi connectivity index (χ3n) is 6.75. The van der Waals surface area contributed by atoms with E-state index >= 15 is 0 Å². The van der Waals surface area contributed by atoms with E-state index in [1.165, 1.54) is 12.1 Å². The topological polar surface area (TPSA) is 105 Å². The fourth-order valence-corrected chi connectivity index (χ4v) is 4.79. The summed E-state index contributed by atoms with van der Waals surface area (Å²) in [7, 11) is 0. The monoisotopic (exact) mass is 566 g/mol. The van der Waals surface area contributed by atoms with E-state index in [9.17, 15) is 9.18 Å². The number of nitrogens with two attached hydrogens (primary N) is 1. The van der Waals surface area contributed by atoms with Crippen LogP contribution < -0.4 is 10.5 Å². The van der Waals surface area contributed by atoms with E-state index in [-0.39, 0.29) is 30.5 Å². The van der Waals surface area contributed by atoms with E-state index in [2.05, 4.69) is 16.8 Å². The van der Waals surface area contributed by atoms with Crippen molar-refractivity contribution in [1.29, 1.82) is 0 Å². The third-order valence-corrected chi connectivity index (χ3v) is 7.15. The van der Waals surface area contributed by atoms with Gasteiger partial charge in [0, 0.05) is 28.7 Å². The van der Waals surface area contributed by atoms with E-state index in [0.29, 0.717) is 12.2 Å². The standard InChI is InChI=1S/C19H19ClO2.C12H14FNO.CH3NO/c1-12-6-7-14(11-18(12)20)16-9-15-5-3-4-8-22-19(15)17(10-16)13(2)21;1-8(7-15)4-9-6-14-12-5-10(13)2-3-11(9)12;2-1-3/h6-7,9-11H,3-5,8H2,1-2H3;2-3,5-6,8,14-15H,4,7H2,1H3;1H,(H2,2,3). The molecule has 1 atom stereocenters. The number of ether oxygens (including phenoxy) is 1. The first-order valence-electron chi connectivity index (χ1n) is 13.3. The number of hydrogen-bond donors (Lipinski definition) is 3. The van der Waals surface area contributed by atoms with Crippen LogP contribution in [0.3, 0.4) is 0 Å². The number of rotatable bonds is 5. The Hall–Kier alpha value is -3.68. The molecule has 0 radical (unpaired) electrons. The predicted molar refractivity (Wildman–Crippen MR) is 159 cm³/mol. The Balaban J connectivity index is 0.000000213. The number of halogens is 2. The Bertz CT molecular complexity index is 1470. The van der Waals surface area contributed by atoms with Crippen molar-refractivity contribution in [3.63, 3.8) is 0 Å². The molecule has 4 N–H and O–H groups in total. The largest absolute Gasteiger partial charge is 0.493 e. The number of hydrogen-bond acceptors (Lipinski definition) is 4. The summed E-state index contributed by atoms with van der Waals surface area (Å²) in [5.41, 5.74) is 11.0. The van der Waals surface area contributed by atoms with Crippen LogP contribution in [0.1, 0.15) is 53.7 Å². The van der Waals surface area contributed by atoms with Gasteiger partial charge in [-0.1, -0.05) is 30.7 Å². The lowest BCUT2D eigenvalue weighted by Crippen LogP contribution is -2.03. The van der Waals surface area contributed by atoms with Crippen molar-refractivity contribution in [1.82, 2.24) is 4.98 Å². The minimum absolute atomic E-state index is 0.0400. The van der Waals surface area contributed by atoms with Gasteiger partial charge in [0.2, 0.25) is 6.41 Å². The number of H-pyrrole nitrogens is 1. The van der Waals surface area contributed by atoms with Crippen LogP contribution in [0.5, 0.6) is 5.75 Å². The molecule has 1 unspecified atom stereocenters. The third kappa shape index (κ3) is 7.93. The molecule has 5 rings (SSSR count). The van der Waals surface area contributed by atoms with Crippen LogP contribution in [0.15, 0.2) is 54.7 Å². The number of benzene rings is 3. The molecule has 0 saturated heterocycles. The summed E-state index contributed by atoms with van der Waals surface area (Å²) >= 11 is 6.24. The second-order valence-corrected chi connectivity index (χ2v) is 10.4. The maximum Gasteiger partial charge on any atom is 0.204 e. The normalized spacial score (nSPS) is 12.9. The molecular weight excluding hydrogens is 531 g/mol. The number of ketones is 1. The molecule has 0 aliphatic carbocycles. The fraction of sp³-hybridized carbons (Fsp3) is 0.312. The van der Waals surface area contributed by atoms with Crippen LogP contribution in [-0.2, 0) is 17.6 Å². The number of aromatic nitrogens is 1. The van der Waals surface area contributed by atoms with Crippen LogP contribution in [0, 0.1) is 18.7 Å². The van der Waals surface area contributed by atoms with Crippen LogP contribution in [0.25, 0.3) is 22.0 Å². The van der Waals surface area contributed by atoms with Crippen LogP contribution in [-0.4, -0.2) is 35.5 Å². The Morgan fingerprint density at radius 3 is 2.60 bits per heavy atom. The van der Waals surface area contributed by atoms with E-state index in [1.54, 1.807) is 13.0 Å². The molecule has 1 amide bonds. The van der Waals surface area contributed by atoms with Crippen molar-refractivity contribution in [3.8, 4) is 16.9 Å². The van der Waals surface area contributed by atoms with Crippen molar-refractivity contribution < 1.29 is 23.8 Å². The first-order chi connectivity index (χ1) is 19.2. The minimum Gasteiger partial charge on any atom is -0.493 e. The number of aromatic amines is 1. The number of amides is 1. The molecule has 0 saturated carbocycles. The van der Waals surface area contributed by atoms with Gasteiger partial charge in [0.1, 0.15) is 11.6 Å². The molecule has 1 aliphatic rings. The maximum absolute atomic E-state index is 12.9. The smallest absolute Gasteiger partial charge is 0.204 e. The van der Waals surface area contributed by atoms with Gasteiger partial charge in [0.25, 0.3) is 0 Å². The fourth-order valence-electron chi connectivity index (χ4n) is 4.60. The molecule has 3 aromatic carbocycles. The Morgan fingerprint density at radius 1 is 1.18 bits per heavy atom. The highest BCUT2D eigenvalue weighted by atomic mass is 35.5. The molecule has 0 spiro atoms. The molecule has 2 heterocycles. The summed E-state index contributed by atoms with van der Waals surface area (Å²) in [5, 5.41) is 10.8. The van der Waals surface area contributed by atoms with Gasteiger partial charge in [-0.3, -0.25) is 9.59 Å². The van der Waals surface area contributed by atoms with Crippen LogP contribution >= 0.6 is 11.6 Å².